The molecule has 0 saturated heterocycles. The molecule has 3 rings (SSSR count). The Hall–Kier alpha value is -2.96. The van der Waals surface area contributed by atoms with E-state index in [9.17, 15) is 23.1 Å². The van der Waals surface area contributed by atoms with Crippen LogP contribution in [0.25, 0.3) is 0 Å². The van der Waals surface area contributed by atoms with Crippen LogP contribution in [0.2, 0.25) is 10.0 Å². The first-order valence-corrected chi connectivity index (χ1v) is 12.1. The van der Waals surface area contributed by atoms with Crippen molar-refractivity contribution in [2.75, 3.05) is 5.32 Å². The average molecular weight is 526 g/mol. The minimum Gasteiger partial charge on any atom is -0.372 e. The lowest BCUT2D eigenvalue weighted by molar-refractivity contribution is -0.119. The zero-order valence-corrected chi connectivity index (χ0v) is 20.1. The molecule has 0 radical (unpaired) electrons. The number of rotatable bonds is 9. The van der Waals surface area contributed by atoms with Gasteiger partial charge in [0, 0.05) is 5.69 Å². The van der Waals surface area contributed by atoms with Gasteiger partial charge in [0.25, 0.3) is 5.56 Å². The third-order valence-electron chi connectivity index (χ3n) is 4.79. The van der Waals surface area contributed by atoms with E-state index in [4.69, 9.17) is 28.9 Å². The van der Waals surface area contributed by atoms with Crippen LogP contribution in [-0.2, 0) is 21.4 Å². The Morgan fingerprint density at radius 1 is 1.21 bits per heavy atom. The van der Waals surface area contributed by atoms with Crippen molar-refractivity contribution in [1.82, 2.24) is 14.5 Å². The molecule has 34 heavy (non-hydrogen) atoms. The van der Waals surface area contributed by atoms with Crippen LogP contribution >= 0.6 is 23.2 Å². The van der Waals surface area contributed by atoms with E-state index in [-0.39, 0.29) is 27.2 Å². The summed E-state index contributed by atoms with van der Waals surface area (Å²) in [5.74, 6) is -0.864. The normalized spacial score (nSPS) is 13.3. The van der Waals surface area contributed by atoms with E-state index >= 15 is 0 Å². The van der Waals surface area contributed by atoms with Crippen LogP contribution in [0, 0.1) is 6.92 Å². The van der Waals surface area contributed by atoms with Gasteiger partial charge in [0.1, 0.15) is 17.3 Å². The Balaban J connectivity index is 1.83. The SMILES string of the molecule is Cc1ccc(NC(O)Cn2ncc(Cl)c(Cl)c2=O)cc1S(=O)(=O)N[C@@H](C(N)=O)c1ccccc1. The molecule has 1 amide bonds. The highest BCUT2D eigenvalue weighted by Gasteiger charge is 2.27. The van der Waals surface area contributed by atoms with E-state index in [1.165, 1.54) is 18.3 Å². The quantitative estimate of drug-likeness (QED) is 0.310. The van der Waals surface area contributed by atoms with Crippen molar-refractivity contribution in [2.24, 2.45) is 5.73 Å². The number of nitrogens with two attached hydrogens (primary N) is 1. The monoisotopic (exact) mass is 525 g/mol. The largest absolute Gasteiger partial charge is 0.372 e. The molecule has 0 aliphatic carbocycles. The third kappa shape index (κ3) is 5.93. The molecule has 1 heterocycles. The predicted octanol–water partition coefficient (Wildman–Crippen LogP) is 1.79. The van der Waals surface area contributed by atoms with Crippen LogP contribution < -0.4 is 21.3 Å². The van der Waals surface area contributed by atoms with E-state index in [1.54, 1.807) is 43.3 Å². The highest BCUT2D eigenvalue weighted by molar-refractivity contribution is 7.89. The van der Waals surface area contributed by atoms with Gasteiger partial charge in [-0.25, -0.2) is 13.1 Å². The van der Waals surface area contributed by atoms with Crippen LogP contribution in [-0.4, -0.2) is 35.4 Å². The molecule has 0 aliphatic rings. The lowest BCUT2D eigenvalue weighted by Crippen LogP contribution is -2.37. The Bertz CT molecular complexity index is 1370. The number of primary amides is 1. The topological polar surface area (TPSA) is 156 Å². The molecule has 0 spiro atoms. The fourth-order valence-corrected chi connectivity index (χ4v) is 4.85. The number of sulfonamides is 1. The Morgan fingerprint density at radius 2 is 1.88 bits per heavy atom. The molecule has 3 aromatic rings. The van der Waals surface area contributed by atoms with Crippen molar-refractivity contribution in [3.05, 3.63) is 86.3 Å². The fraction of sp³-hybridized carbons (Fsp3) is 0.190. The van der Waals surface area contributed by atoms with E-state index in [0.29, 0.717) is 11.1 Å². The summed E-state index contributed by atoms with van der Waals surface area (Å²) in [7, 11) is -4.19. The number of nitrogens with one attached hydrogen (secondary N) is 2. The maximum Gasteiger partial charge on any atom is 0.287 e. The Labute approximate surface area is 205 Å². The van der Waals surface area contributed by atoms with Gasteiger partial charge in [0.05, 0.1) is 22.7 Å². The molecule has 5 N–H and O–H groups in total. The average Bonchev–Trinajstić information content (AvgIpc) is 2.79. The molecule has 180 valence electrons. The number of aliphatic hydroxyl groups excluding tert-OH is 1. The molecule has 13 heteroatoms. The third-order valence-corrected chi connectivity index (χ3v) is 7.10. The van der Waals surface area contributed by atoms with Gasteiger partial charge in [-0.1, -0.05) is 59.6 Å². The summed E-state index contributed by atoms with van der Waals surface area (Å²) in [5.41, 5.74) is 5.76. The molecule has 0 saturated carbocycles. The van der Waals surface area contributed by atoms with Crippen LogP contribution in [0.1, 0.15) is 17.2 Å². The van der Waals surface area contributed by atoms with Gasteiger partial charge in [-0.15, -0.1) is 0 Å². The number of aryl methyl sites for hydroxylation is 1. The van der Waals surface area contributed by atoms with Crippen molar-refractivity contribution >= 4 is 44.8 Å². The number of halogens is 2. The van der Waals surface area contributed by atoms with Gasteiger partial charge in [0.2, 0.25) is 15.9 Å². The summed E-state index contributed by atoms with van der Waals surface area (Å²) < 4.78 is 29.4. The molecule has 10 nitrogen and oxygen atoms in total. The summed E-state index contributed by atoms with van der Waals surface area (Å²) in [4.78, 5) is 23.9. The van der Waals surface area contributed by atoms with Crippen LogP contribution in [0.4, 0.5) is 5.69 Å². The molecule has 1 aromatic heterocycles. The number of nitrogens with zero attached hydrogens (tertiary/aromatic N) is 2. The van der Waals surface area contributed by atoms with Crippen LogP contribution in [0.15, 0.2) is 64.4 Å². The molecular weight excluding hydrogens is 505 g/mol. The fourth-order valence-electron chi connectivity index (χ4n) is 3.11. The van der Waals surface area contributed by atoms with E-state index < -0.39 is 33.8 Å². The van der Waals surface area contributed by atoms with Crippen LogP contribution in [0.3, 0.4) is 0 Å². The summed E-state index contributed by atoms with van der Waals surface area (Å²) in [6.45, 7) is 1.29. The zero-order valence-electron chi connectivity index (χ0n) is 17.8. The van der Waals surface area contributed by atoms with Crippen molar-refractivity contribution < 1.29 is 18.3 Å². The molecule has 2 aromatic carbocycles. The van der Waals surface area contributed by atoms with E-state index in [0.717, 1.165) is 4.68 Å². The summed E-state index contributed by atoms with van der Waals surface area (Å²) in [5, 5.41) is 16.6. The number of anilines is 1. The minimum absolute atomic E-state index is 0.0176. The molecule has 0 bridgehead atoms. The summed E-state index contributed by atoms with van der Waals surface area (Å²) in [6, 6.07) is 11.3. The van der Waals surface area contributed by atoms with Gasteiger partial charge in [-0.2, -0.15) is 9.82 Å². The van der Waals surface area contributed by atoms with E-state index in [1.807, 2.05) is 0 Å². The lowest BCUT2D eigenvalue weighted by Gasteiger charge is -2.19. The second-order valence-electron chi connectivity index (χ2n) is 7.30. The lowest BCUT2D eigenvalue weighted by atomic mass is 10.1. The standard InChI is InChI=1S/C21H21Cl2N5O5S/c1-12-7-8-14(26-17(29)11-28-21(31)18(23)15(22)10-25-28)9-16(12)34(32,33)27-19(20(24)30)13-5-3-2-4-6-13/h2-10,17,19,26-27,29H,11H2,1H3,(H2,24,30)/t17?,19-/m1/s1. The second kappa shape index (κ2) is 10.5. The van der Waals surface area contributed by atoms with Gasteiger partial charge in [-0.3, -0.25) is 9.59 Å². The first-order chi connectivity index (χ1) is 16.0. The number of aromatic nitrogens is 2. The summed E-state index contributed by atoms with van der Waals surface area (Å²) in [6.07, 6.45) is -0.154. The number of carbonyl (C=O) groups excluding carboxylic acids is 1. The molecule has 2 atom stereocenters. The first-order valence-electron chi connectivity index (χ1n) is 9.82. The Kier molecular flexibility index (Phi) is 7.95. The number of amides is 1. The molecule has 0 aliphatic heterocycles. The van der Waals surface area contributed by atoms with E-state index in [2.05, 4.69) is 15.1 Å². The van der Waals surface area contributed by atoms with Crippen molar-refractivity contribution in [1.29, 1.82) is 0 Å². The smallest absolute Gasteiger partial charge is 0.287 e. The highest BCUT2D eigenvalue weighted by atomic mass is 35.5. The first kappa shape index (κ1) is 25.7. The maximum atomic E-state index is 13.1. The molecule has 0 fully saturated rings. The molecular formula is C21H21Cl2N5O5S. The number of hydrogen-bond acceptors (Lipinski definition) is 7. The molecule has 1 unspecified atom stereocenters. The minimum atomic E-state index is -4.19. The maximum absolute atomic E-state index is 13.1. The van der Waals surface area contributed by atoms with Gasteiger partial charge >= 0.3 is 0 Å². The predicted molar refractivity (Wildman–Crippen MR) is 128 cm³/mol. The van der Waals surface area contributed by atoms with Crippen LogP contribution in [0.5, 0.6) is 0 Å². The number of hydrogen-bond donors (Lipinski definition) is 4. The summed E-state index contributed by atoms with van der Waals surface area (Å²) >= 11 is 11.6. The zero-order chi connectivity index (χ0) is 25.0. The van der Waals surface area contributed by atoms with Gasteiger partial charge < -0.3 is 16.2 Å². The van der Waals surface area contributed by atoms with Gasteiger partial charge in [-0.05, 0) is 30.2 Å². The highest BCUT2D eigenvalue weighted by Crippen LogP contribution is 2.23. The number of benzene rings is 2. The van der Waals surface area contributed by atoms with Crippen molar-refractivity contribution in [2.45, 2.75) is 30.6 Å². The van der Waals surface area contributed by atoms with Crippen molar-refractivity contribution in [3.63, 3.8) is 0 Å². The number of aliphatic hydroxyl groups is 1. The van der Waals surface area contributed by atoms with Gasteiger partial charge in [0.15, 0.2) is 0 Å². The number of carbonyl (C=O) groups is 1. The second-order valence-corrected chi connectivity index (χ2v) is 9.77. The van der Waals surface area contributed by atoms with Crippen molar-refractivity contribution in [3.8, 4) is 0 Å². The Morgan fingerprint density at radius 3 is 2.53 bits per heavy atom.